The molecule has 1 heterocycles. The van der Waals surface area contributed by atoms with Crippen LogP contribution in [0.5, 0.6) is 17.4 Å². The summed E-state index contributed by atoms with van der Waals surface area (Å²) < 4.78 is 11.3. The third kappa shape index (κ3) is 6.82. The van der Waals surface area contributed by atoms with Crippen LogP contribution in [0.15, 0.2) is 53.8 Å². The Kier molecular flexibility index (Phi) is 7.61. The number of rotatable bonds is 10. The summed E-state index contributed by atoms with van der Waals surface area (Å²) in [5, 5.41) is 13.8. The molecule has 1 N–H and O–H groups in total. The number of carbonyl (C=O) groups is 1. The summed E-state index contributed by atoms with van der Waals surface area (Å²) in [5.41, 5.74) is 2.13. The second kappa shape index (κ2) is 10.6. The van der Waals surface area contributed by atoms with Gasteiger partial charge in [0.15, 0.2) is 6.10 Å². The molecule has 0 radical (unpaired) electrons. The Morgan fingerprint density at radius 3 is 2.58 bits per heavy atom. The van der Waals surface area contributed by atoms with Crippen LogP contribution in [0.1, 0.15) is 26.7 Å². The third-order valence-corrected chi connectivity index (χ3v) is 4.27. The number of hydrogen-bond acceptors (Lipinski definition) is 7. The molecule has 0 aliphatic rings. The highest BCUT2D eigenvalue weighted by Crippen LogP contribution is 2.25. The molecule has 0 fully saturated rings. The molecule has 0 aliphatic heterocycles. The zero-order chi connectivity index (χ0) is 22.2. The second-order valence-corrected chi connectivity index (χ2v) is 7.31. The van der Waals surface area contributed by atoms with Crippen LogP contribution in [0.3, 0.4) is 0 Å². The highest BCUT2D eigenvalue weighted by molar-refractivity contribution is 6.31. The lowest BCUT2D eigenvalue weighted by atomic mass is 10.2. The monoisotopic (exact) mass is 443 g/mol. The van der Waals surface area contributed by atoms with Crippen molar-refractivity contribution in [3.63, 3.8) is 0 Å². The summed E-state index contributed by atoms with van der Waals surface area (Å²) in [7, 11) is 0. The maximum absolute atomic E-state index is 11.5. The van der Waals surface area contributed by atoms with Crippen molar-refractivity contribution >= 4 is 34.3 Å². The number of hydrogen-bond donors (Lipinski definition) is 1. The van der Waals surface area contributed by atoms with Gasteiger partial charge in [-0.1, -0.05) is 16.8 Å². The molecule has 3 rings (SSSR count). The first kappa shape index (κ1) is 22.3. The van der Waals surface area contributed by atoms with Gasteiger partial charge in [0.2, 0.25) is 5.88 Å². The molecule has 1 atom stereocenters. The highest BCUT2D eigenvalue weighted by Gasteiger charge is 2.19. The zero-order valence-electron chi connectivity index (χ0n) is 17.1. The Balaban J connectivity index is 1.57. The fourth-order valence-electron chi connectivity index (χ4n) is 2.63. The molecule has 0 saturated carbocycles. The van der Waals surface area contributed by atoms with Crippen LogP contribution in [0, 0.1) is 0 Å². The van der Waals surface area contributed by atoms with Gasteiger partial charge in [-0.25, -0.2) is 14.8 Å². The van der Waals surface area contributed by atoms with Gasteiger partial charge in [-0.3, -0.25) is 0 Å². The molecule has 0 aliphatic carbocycles. The smallest absolute Gasteiger partial charge is 0.344 e. The molecule has 31 heavy (non-hydrogen) atoms. The van der Waals surface area contributed by atoms with Crippen molar-refractivity contribution in [2.45, 2.75) is 32.8 Å². The van der Waals surface area contributed by atoms with Crippen LogP contribution < -0.4 is 9.47 Å². The number of ether oxygens (including phenoxy) is 2. The molecule has 9 heteroatoms. The Bertz CT molecular complexity index is 1070. The van der Waals surface area contributed by atoms with E-state index in [4.69, 9.17) is 25.9 Å². The standard InChI is InChI=1S/C22H22ClN3O5/c1-14(2)26-29-11-3-4-20(22(27)28)30-16-6-8-17(9-7-16)31-21-13-24-19-12-15(23)5-10-18(19)25-21/h5-10,12-13,20H,3-4,11H2,1-2H3,(H,27,28)/t20-/m1/s1. The topological polar surface area (TPSA) is 103 Å². The van der Waals surface area contributed by atoms with Crippen molar-refractivity contribution in [2.24, 2.45) is 5.16 Å². The number of oxime groups is 1. The van der Waals surface area contributed by atoms with Crippen molar-refractivity contribution < 1.29 is 24.2 Å². The van der Waals surface area contributed by atoms with E-state index in [0.29, 0.717) is 52.9 Å². The van der Waals surface area contributed by atoms with Gasteiger partial charge in [0.05, 0.1) is 22.9 Å². The number of carboxylic acid groups (broad SMARTS) is 1. The summed E-state index contributed by atoms with van der Waals surface area (Å²) in [5.74, 6) is 0.226. The molecule has 162 valence electrons. The normalized spacial score (nSPS) is 11.6. The minimum atomic E-state index is -1.04. The van der Waals surface area contributed by atoms with Gasteiger partial charge in [-0.2, -0.15) is 0 Å². The summed E-state index contributed by atoms with van der Waals surface area (Å²) >= 11 is 5.95. The highest BCUT2D eigenvalue weighted by atomic mass is 35.5. The van der Waals surface area contributed by atoms with Crippen LogP contribution in [-0.2, 0) is 9.63 Å². The van der Waals surface area contributed by atoms with E-state index in [1.54, 1.807) is 42.5 Å². The summed E-state index contributed by atoms with van der Waals surface area (Å²) in [4.78, 5) is 25.2. The number of fused-ring (bicyclic) bond motifs is 1. The lowest BCUT2D eigenvalue weighted by Gasteiger charge is -2.15. The number of carboxylic acids is 1. The number of benzene rings is 2. The van der Waals surface area contributed by atoms with Crippen LogP contribution in [0.25, 0.3) is 11.0 Å². The van der Waals surface area contributed by atoms with Gasteiger partial charge >= 0.3 is 5.97 Å². The molecule has 0 spiro atoms. The Hall–Kier alpha value is -3.39. The molecule has 1 aromatic heterocycles. The Morgan fingerprint density at radius 2 is 1.87 bits per heavy atom. The van der Waals surface area contributed by atoms with E-state index in [2.05, 4.69) is 15.1 Å². The van der Waals surface area contributed by atoms with E-state index in [-0.39, 0.29) is 0 Å². The molecule has 0 unspecified atom stereocenters. The fourth-order valence-corrected chi connectivity index (χ4v) is 2.79. The summed E-state index contributed by atoms with van der Waals surface area (Å²) in [6, 6.07) is 11.8. The molecular weight excluding hydrogens is 422 g/mol. The minimum Gasteiger partial charge on any atom is -0.479 e. The van der Waals surface area contributed by atoms with Crippen LogP contribution in [0.2, 0.25) is 5.02 Å². The minimum absolute atomic E-state index is 0.294. The zero-order valence-corrected chi connectivity index (χ0v) is 17.9. The molecule has 8 nitrogen and oxygen atoms in total. The quantitative estimate of drug-likeness (QED) is 0.264. The van der Waals surface area contributed by atoms with Gasteiger partial charge in [-0.15, -0.1) is 0 Å². The molecule has 2 aromatic carbocycles. The van der Waals surface area contributed by atoms with Gasteiger partial charge in [-0.05, 0) is 69.2 Å². The van der Waals surface area contributed by atoms with E-state index in [9.17, 15) is 9.90 Å². The number of aromatic nitrogens is 2. The predicted octanol–water partition coefficient (Wildman–Crippen LogP) is 5.10. The number of halogens is 1. The average molecular weight is 444 g/mol. The van der Waals surface area contributed by atoms with Crippen molar-refractivity contribution in [3.05, 3.63) is 53.7 Å². The molecule has 0 saturated heterocycles. The van der Waals surface area contributed by atoms with E-state index < -0.39 is 12.1 Å². The molecule has 0 amide bonds. The summed E-state index contributed by atoms with van der Waals surface area (Å²) in [6.45, 7) is 3.96. The number of aliphatic carboxylic acids is 1. The van der Waals surface area contributed by atoms with Crippen molar-refractivity contribution in [1.82, 2.24) is 9.97 Å². The Morgan fingerprint density at radius 1 is 1.13 bits per heavy atom. The number of nitrogens with zero attached hydrogens (tertiary/aromatic N) is 3. The molecule has 0 bridgehead atoms. The predicted molar refractivity (Wildman–Crippen MR) is 117 cm³/mol. The second-order valence-electron chi connectivity index (χ2n) is 6.87. The lowest BCUT2D eigenvalue weighted by molar-refractivity contribution is -0.145. The molecule has 3 aromatic rings. The van der Waals surface area contributed by atoms with E-state index in [1.807, 2.05) is 13.8 Å². The van der Waals surface area contributed by atoms with Gasteiger partial charge in [0.1, 0.15) is 18.1 Å². The largest absolute Gasteiger partial charge is 0.479 e. The SMILES string of the molecule is CC(C)=NOCCC[C@@H](Oc1ccc(Oc2cnc3cc(Cl)ccc3n2)cc1)C(=O)O. The maximum atomic E-state index is 11.5. The van der Waals surface area contributed by atoms with Crippen molar-refractivity contribution in [2.75, 3.05) is 6.61 Å². The lowest BCUT2D eigenvalue weighted by Crippen LogP contribution is -2.27. The van der Waals surface area contributed by atoms with Crippen molar-refractivity contribution in [1.29, 1.82) is 0 Å². The van der Waals surface area contributed by atoms with Crippen LogP contribution in [0.4, 0.5) is 0 Å². The van der Waals surface area contributed by atoms with Crippen LogP contribution >= 0.6 is 11.6 Å². The van der Waals surface area contributed by atoms with Gasteiger partial charge in [0, 0.05) is 5.02 Å². The van der Waals surface area contributed by atoms with E-state index >= 15 is 0 Å². The maximum Gasteiger partial charge on any atom is 0.344 e. The first-order valence-electron chi connectivity index (χ1n) is 9.63. The van der Waals surface area contributed by atoms with Gasteiger partial charge < -0.3 is 19.4 Å². The van der Waals surface area contributed by atoms with E-state index in [0.717, 1.165) is 5.71 Å². The molecular formula is C22H22ClN3O5. The van der Waals surface area contributed by atoms with E-state index in [1.165, 1.54) is 6.20 Å². The first-order valence-corrected chi connectivity index (χ1v) is 10.0. The fraction of sp³-hybridized carbons (Fsp3) is 0.273. The summed E-state index contributed by atoms with van der Waals surface area (Å²) in [6.07, 6.45) is 1.32. The Labute approximate surface area is 184 Å². The average Bonchev–Trinajstić information content (AvgIpc) is 2.73. The van der Waals surface area contributed by atoms with Crippen molar-refractivity contribution in [3.8, 4) is 17.4 Å². The van der Waals surface area contributed by atoms with Gasteiger partial charge in [0.25, 0.3) is 0 Å². The van der Waals surface area contributed by atoms with Crippen LogP contribution in [-0.4, -0.2) is 39.5 Å². The third-order valence-electron chi connectivity index (χ3n) is 4.03. The first-order chi connectivity index (χ1) is 14.9.